The van der Waals surface area contributed by atoms with Gasteiger partial charge in [0.25, 0.3) is 0 Å². The van der Waals surface area contributed by atoms with Crippen molar-refractivity contribution in [3.8, 4) is 0 Å². The van der Waals surface area contributed by atoms with Gasteiger partial charge in [0.05, 0.1) is 18.4 Å². The zero-order valence-electron chi connectivity index (χ0n) is 24.1. The van der Waals surface area contributed by atoms with E-state index in [1.165, 1.54) is 12.8 Å². The number of nitrogens with one attached hydrogen (secondary N) is 7. The van der Waals surface area contributed by atoms with Crippen LogP contribution in [-0.2, 0) is 4.79 Å². The molecule has 5 rings (SSSR count). The van der Waals surface area contributed by atoms with Gasteiger partial charge in [0, 0.05) is 63.9 Å². The molecule has 7 unspecified atom stereocenters. The summed E-state index contributed by atoms with van der Waals surface area (Å²) < 4.78 is 0. The SMILES string of the molecule is CCC1CNCCC1CNC(=O)C1CCCC(NCC2NNC(C3CCNCN3)N2CCN2CC[C@@H](O)C2)C1. The van der Waals surface area contributed by atoms with Gasteiger partial charge in [-0.15, -0.1) is 0 Å². The molecule has 224 valence electrons. The Kier molecular flexibility index (Phi) is 11.3. The van der Waals surface area contributed by atoms with Crippen LogP contribution < -0.4 is 37.4 Å². The van der Waals surface area contributed by atoms with Crippen molar-refractivity contribution in [1.82, 2.24) is 47.2 Å². The third kappa shape index (κ3) is 8.11. The second-order valence-corrected chi connectivity index (χ2v) is 12.6. The lowest BCUT2D eigenvalue weighted by Crippen LogP contribution is -2.59. The second-order valence-electron chi connectivity index (χ2n) is 12.6. The summed E-state index contributed by atoms with van der Waals surface area (Å²) in [6.07, 6.45) is 8.76. The van der Waals surface area contributed by atoms with Crippen LogP contribution >= 0.6 is 0 Å². The van der Waals surface area contributed by atoms with Crippen LogP contribution in [-0.4, -0.2) is 117 Å². The van der Waals surface area contributed by atoms with Crippen LogP contribution in [0.25, 0.3) is 0 Å². The van der Waals surface area contributed by atoms with Crippen LogP contribution in [0.2, 0.25) is 0 Å². The van der Waals surface area contributed by atoms with Crippen molar-refractivity contribution in [2.45, 2.75) is 88.8 Å². The fourth-order valence-electron chi connectivity index (χ4n) is 7.52. The average molecular weight is 550 g/mol. The fourth-order valence-corrected chi connectivity index (χ4v) is 7.52. The van der Waals surface area contributed by atoms with Crippen molar-refractivity contribution in [2.75, 3.05) is 65.6 Å². The summed E-state index contributed by atoms with van der Waals surface area (Å²) in [5.41, 5.74) is 7.17. The third-order valence-corrected chi connectivity index (χ3v) is 10.1. The first-order valence-electron chi connectivity index (χ1n) is 15.9. The number of β-amino-alcohol motifs (C(OH)–C–C–N with tert-alkyl or cyclic N) is 1. The number of likely N-dealkylation sites (tertiary alicyclic amines) is 1. The third-order valence-electron chi connectivity index (χ3n) is 10.1. The first kappa shape index (κ1) is 29.6. The van der Waals surface area contributed by atoms with Gasteiger partial charge < -0.3 is 26.4 Å². The van der Waals surface area contributed by atoms with Crippen LogP contribution in [0.1, 0.15) is 58.3 Å². The van der Waals surface area contributed by atoms with Crippen molar-refractivity contribution in [2.24, 2.45) is 17.8 Å². The summed E-state index contributed by atoms with van der Waals surface area (Å²) in [6, 6.07) is 0.771. The van der Waals surface area contributed by atoms with Gasteiger partial charge in [0.1, 0.15) is 0 Å². The van der Waals surface area contributed by atoms with Gasteiger partial charge in [-0.2, -0.15) is 0 Å². The molecule has 1 amide bonds. The van der Waals surface area contributed by atoms with Gasteiger partial charge in [-0.05, 0) is 70.0 Å². The molecule has 0 aromatic rings. The van der Waals surface area contributed by atoms with Crippen LogP contribution in [0.3, 0.4) is 0 Å². The van der Waals surface area contributed by atoms with Crippen molar-refractivity contribution in [3.05, 3.63) is 0 Å². The van der Waals surface area contributed by atoms with Crippen LogP contribution in [0.15, 0.2) is 0 Å². The smallest absolute Gasteiger partial charge is 0.223 e. The molecule has 0 aromatic carbocycles. The topological polar surface area (TPSA) is 128 Å². The molecule has 4 saturated heterocycles. The molecule has 5 fully saturated rings. The summed E-state index contributed by atoms with van der Waals surface area (Å²) in [5, 5.41) is 27.7. The van der Waals surface area contributed by atoms with E-state index in [-0.39, 0.29) is 30.3 Å². The molecule has 39 heavy (non-hydrogen) atoms. The van der Waals surface area contributed by atoms with Crippen molar-refractivity contribution >= 4 is 5.91 Å². The van der Waals surface area contributed by atoms with Crippen molar-refractivity contribution in [1.29, 1.82) is 0 Å². The van der Waals surface area contributed by atoms with Gasteiger partial charge in [-0.1, -0.05) is 19.8 Å². The molecule has 0 spiro atoms. The van der Waals surface area contributed by atoms with E-state index < -0.39 is 0 Å². The number of carbonyl (C=O) groups is 1. The maximum absolute atomic E-state index is 13.1. The molecule has 8 atom stereocenters. The number of nitrogens with zero attached hydrogens (tertiary/aromatic N) is 2. The van der Waals surface area contributed by atoms with Crippen molar-refractivity contribution in [3.63, 3.8) is 0 Å². The highest BCUT2D eigenvalue weighted by Gasteiger charge is 2.39. The predicted octanol–water partition coefficient (Wildman–Crippen LogP) is -1.08. The minimum atomic E-state index is -0.177. The van der Waals surface area contributed by atoms with E-state index in [0.717, 1.165) is 104 Å². The van der Waals surface area contributed by atoms with E-state index in [4.69, 9.17) is 0 Å². The standard InChI is InChI=1S/C28H55N9O2/c1-2-20-15-29-9-6-22(20)16-32-28(39)21-4-3-5-23(14-21)31-17-26-34-35-27(25-7-10-30-19-33-25)37(26)13-12-36-11-8-24(38)18-36/h20-27,29-31,33-35,38H,2-19H2,1H3,(H,32,39)/t20?,21?,22?,23?,24-,25?,26?,27?/m1/s1. The molecule has 0 radical (unpaired) electrons. The fraction of sp³-hybridized carbons (Fsp3) is 0.964. The summed E-state index contributed by atoms with van der Waals surface area (Å²) in [4.78, 5) is 18.1. The molecule has 5 aliphatic rings. The molecule has 11 nitrogen and oxygen atoms in total. The van der Waals surface area contributed by atoms with E-state index in [9.17, 15) is 9.90 Å². The predicted molar refractivity (Wildman–Crippen MR) is 154 cm³/mol. The molecule has 1 saturated carbocycles. The van der Waals surface area contributed by atoms with Crippen LogP contribution in [0.5, 0.6) is 0 Å². The molecule has 4 aliphatic heterocycles. The highest BCUT2D eigenvalue weighted by atomic mass is 16.3. The lowest BCUT2D eigenvalue weighted by molar-refractivity contribution is -0.126. The molecular formula is C28H55N9O2. The van der Waals surface area contributed by atoms with Crippen LogP contribution in [0.4, 0.5) is 0 Å². The summed E-state index contributed by atoms with van der Waals surface area (Å²) >= 11 is 0. The maximum atomic E-state index is 13.1. The van der Waals surface area contributed by atoms with E-state index >= 15 is 0 Å². The average Bonchev–Trinajstić information content (AvgIpc) is 3.59. The van der Waals surface area contributed by atoms with Gasteiger partial charge in [0.2, 0.25) is 5.91 Å². The first-order valence-corrected chi connectivity index (χ1v) is 15.9. The largest absolute Gasteiger partial charge is 0.392 e. The molecule has 11 heteroatoms. The number of aliphatic hydroxyl groups is 1. The molecule has 1 aliphatic carbocycles. The minimum Gasteiger partial charge on any atom is -0.392 e. The summed E-state index contributed by atoms with van der Waals surface area (Å²) in [5.74, 6) is 1.67. The van der Waals surface area contributed by atoms with Gasteiger partial charge in [-0.3, -0.25) is 19.9 Å². The lowest BCUT2D eigenvalue weighted by Gasteiger charge is -2.37. The van der Waals surface area contributed by atoms with Crippen molar-refractivity contribution < 1.29 is 9.90 Å². The van der Waals surface area contributed by atoms with Crippen LogP contribution in [0, 0.1) is 17.8 Å². The van der Waals surface area contributed by atoms with Gasteiger partial charge in [0.15, 0.2) is 0 Å². The molecule has 0 bridgehead atoms. The highest BCUT2D eigenvalue weighted by Crippen LogP contribution is 2.26. The lowest BCUT2D eigenvalue weighted by atomic mass is 9.83. The molecule has 0 aromatic heterocycles. The Morgan fingerprint density at radius 3 is 2.69 bits per heavy atom. The Balaban J connectivity index is 1.10. The normalized spacial score (nSPS) is 38.7. The molecular weight excluding hydrogens is 494 g/mol. The Bertz CT molecular complexity index is 755. The van der Waals surface area contributed by atoms with Gasteiger partial charge in [-0.25, -0.2) is 10.9 Å². The van der Waals surface area contributed by atoms with E-state index in [1.54, 1.807) is 0 Å². The number of hydrogen-bond donors (Lipinski definition) is 8. The Hall–Kier alpha value is -0.890. The number of amides is 1. The molecule has 8 N–H and O–H groups in total. The second kappa shape index (κ2) is 14.8. The van der Waals surface area contributed by atoms with Gasteiger partial charge >= 0.3 is 0 Å². The summed E-state index contributed by atoms with van der Waals surface area (Å²) in [6.45, 7) is 11.7. The Morgan fingerprint density at radius 2 is 1.90 bits per heavy atom. The maximum Gasteiger partial charge on any atom is 0.223 e. The van der Waals surface area contributed by atoms with E-state index in [1.807, 2.05) is 0 Å². The summed E-state index contributed by atoms with van der Waals surface area (Å²) in [7, 11) is 0. The first-order chi connectivity index (χ1) is 19.1. The number of hydrazine groups is 1. The van der Waals surface area contributed by atoms with E-state index in [2.05, 4.69) is 54.2 Å². The minimum absolute atomic E-state index is 0.122. The Labute approximate surface area is 235 Å². The number of hydrogen-bond acceptors (Lipinski definition) is 10. The highest BCUT2D eigenvalue weighted by molar-refractivity contribution is 5.78. The van der Waals surface area contributed by atoms with E-state index in [0.29, 0.717) is 23.9 Å². The number of piperidine rings is 1. The zero-order valence-corrected chi connectivity index (χ0v) is 24.1. The monoisotopic (exact) mass is 549 g/mol. The number of aliphatic hydroxyl groups excluding tert-OH is 1. The Morgan fingerprint density at radius 1 is 1.00 bits per heavy atom. The zero-order chi connectivity index (χ0) is 27.0. The number of carbonyl (C=O) groups excluding carboxylic acids is 1. The number of rotatable bonds is 11. The molecule has 4 heterocycles. The quantitative estimate of drug-likeness (QED) is 0.161.